The van der Waals surface area contributed by atoms with Crippen molar-refractivity contribution in [3.8, 4) is 0 Å². The fourth-order valence-electron chi connectivity index (χ4n) is 12.5. The van der Waals surface area contributed by atoms with E-state index in [0.29, 0.717) is 64.2 Å². The van der Waals surface area contributed by atoms with Gasteiger partial charge in [-0.1, -0.05) is 99.6 Å². The number of nitrogens with zero attached hydrogens (tertiary/aromatic N) is 2. The van der Waals surface area contributed by atoms with Crippen molar-refractivity contribution in [2.75, 3.05) is 67.7 Å². The number of hydrogen-bond donors (Lipinski definition) is 3. The van der Waals surface area contributed by atoms with Crippen LogP contribution in [-0.4, -0.2) is 202 Å². The molecule has 86 heavy (non-hydrogen) atoms. The van der Waals surface area contributed by atoms with E-state index in [1.807, 2.05) is 119 Å². The minimum atomic E-state index is -0.888. The van der Waals surface area contributed by atoms with Crippen molar-refractivity contribution < 1.29 is 81.9 Å². The first-order valence-corrected chi connectivity index (χ1v) is 33.0. The lowest BCUT2D eigenvalue weighted by molar-refractivity contribution is -0.282. The number of ketones is 2. The number of aliphatic hydroxyl groups is 3. The number of carbonyl (C=O) groups is 4. The molecule has 496 valence electrons. The lowest BCUT2D eigenvalue weighted by Gasteiger charge is -2.44. The molecular weight excluding hydrogens is 1220 g/mol. The quantitative estimate of drug-likeness (QED) is 0.0503. The SMILES string of the molecule is CC[C@H]1OC(=O)CC[C@H](C)[C@@H](OC2OC(C)CC(N(C)C)C2O)[C@@H](CC(OC)OC)C[C@@H](C)C(=O)/C=C/C(C)=C/[C@@H]1CI.CC[C@H]1OC(=O)CC[C@H](C)[C@@H](OC2OC(C)CC(N(C)C)C2O)[C@@H](CC(OC)OC)C[C@@H](C)C(=O)/C=C/C(C)=C/[C@@H]1CO. The fraction of sp³-hybridized carbons (Fsp3) is 0.818. The standard InChI is InChI=1S/C33H56INO8.C33H57NO9/c1-10-28-25(19-34)15-20(2)11-13-27(36)22(4)16-24(18-30(39-8)40-9)32(21(3)12-14-29(37)42-28)43-33-31(38)26(35(6)7)17-23(5)41-33;1-10-28-25(19-35)15-20(2)11-13-27(36)22(4)16-24(18-30(39-8)40-9)32(21(3)12-14-29(37)42-28)43-33-31(38)26(34(6)7)17-23(5)41-33/h11,13,15,21-26,28,30-33,38H,10,12,14,16-19H2,1-9H3;11,13,15,21-26,28,30-33,35,38H,10,12,14,16-19H2,1-9H3/b2*13-11+,20-15+/t2*21-,22+,23?,24+,25+,26?,28+,31?,32+,33?/m00/s1. The highest BCUT2D eigenvalue weighted by molar-refractivity contribution is 14.1. The Bertz CT molecular complexity index is 1990. The topological polar surface area (TPSA) is 228 Å². The largest absolute Gasteiger partial charge is 0.462 e. The second-order valence-electron chi connectivity index (χ2n) is 25.3. The zero-order valence-electron chi connectivity index (χ0n) is 55.4. The van der Waals surface area contributed by atoms with E-state index >= 15 is 0 Å². The van der Waals surface area contributed by atoms with E-state index in [1.165, 1.54) is 0 Å². The molecule has 0 bridgehead atoms. The van der Waals surface area contributed by atoms with Crippen molar-refractivity contribution in [2.24, 2.45) is 47.3 Å². The number of halogens is 1. The number of hydrogen-bond acceptors (Lipinski definition) is 19. The Hall–Kier alpha value is -2.55. The van der Waals surface area contributed by atoms with E-state index in [-0.39, 0.29) is 121 Å². The van der Waals surface area contributed by atoms with Crippen LogP contribution in [0.3, 0.4) is 0 Å². The van der Waals surface area contributed by atoms with Crippen LogP contribution in [0.2, 0.25) is 0 Å². The molecule has 0 spiro atoms. The number of alkyl halides is 1. The summed E-state index contributed by atoms with van der Waals surface area (Å²) < 4.78 is 60.7. The second kappa shape index (κ2) is 39.7. The van der Waals surface area contributed by atoms with Crippen LogP contribution in [0.1, 0.15) is 146 Å². The Morgan fingerprint density at radius 2 is 0.942 bits per heavy atom. The van der Waals surface area contributed by atoms with Crippen molar-refractivity contribution >= 4 is 46.1 Å². The van der Waals surface area contributed by atoms with E-state index in [9.17, 15) is 34.5 Å². The molecule has 3 N–H and O–H groups in total. The number of ether oxygens (including phenoxy) is 10. The van der Waals surface area contributed by atoms with Gasteiger partial charge in [0.2, 0.25) is 0 Å². The Morgan fingerprint density at radius 1 is 0.581 bits per heavy atom. The lowest BCUT2D eigenvalue weighted by Crippen LogP contribution is -2.56. The molecule has 20 heteroatoms. The van der Waals surface area contributed by atoms with Crippen LogP contribution < -0.4 is 0 Å². The summed E-state index contributed by atoms with van der Waals surface area (Å²) in [5.41, 5.74) is 1.77. The average Bonchev–Trinajstić information content (AvgIpc) is 1.66. The van der Waals surface area contributed by atoms with Crippen LogP contribution in [0.25, 0.3) is 0 Å². The molecule has 0 saturated carbocycles. The summed E-state index contributed by atoms with van der Waals surface area (Å²) in [4.78, 5) is 56.9. The van der Waals surface area contributed by atoms with Crippen LogP contribution in [0, 0.1) is 47.3 Å². The first-order chi connectivity index (χ1) is 40.7. The van der Waals surface area contributed by atoms with Gasteiger partial charge < -0.3 is 72.5 Å². The average molecular weight is 1330 g/mol. The van der Waals surface area contributed by atoms with Gasteiger partial charge in [0.15, 0.2) is 36.7 Å². The normalized spacial score (nSPS) is 37.7. The van der Waals surface area contributed by atoms with Crippen molar-refractivity contribution in [2.45, 2.75) is 232 Å². The van der Waals surface area contributed by atoms with Gasteiger partial charge in [-0.3, -0.25) is 19.2 Å². The minimum Gasteiger partial charge on any atom is -0.462 e. The number of methoxy groups -OCH3 is 4. The molecule has 8 unspecified atom stereocenters. The number of rotatable bonds is 18. The van der Waals surface area contributed by atoms with Crippen molar-refractivity contribution in [3.63, 3.8) is 0 Å². The maximum Gasteiger partial charge on any atom is 0.306 e. The van der Waals surface area contributed by atoms with Crippen molar-refractivity contribution in [3.05, 3.63) is 47.6 Å². The van der Waals surface area contributed by atoms with Gasteiger partial charge in [0.05, 0.1) is 31.0 Å². The third-order valence-corrected chi connectivity index (χ3v) is 18.8. The molecule has 4 heterocycles. The van der Waals surface area contributed by atoms with Crippen LogP contribution in [0.4, 0.5) is 0 Å². The van der Waals surface area contributed by atoms with Gasteiger partial charge in [-0.05, 0) is 143 Å². The molecule has 0 aromatic carbocycles. The lowest BCUT2D eigenvalue weighted by atomic mass is 9.80. The molecular formula is C66H113IN2O17. The smallest absolute Gasteiger partial charge is 0.306 e. The molecule has 0 radical (unpaired) electrons. The summed E-state index contributed by atoms with van der Waals surface area (Å²) in [6.45, 7) is 19.4. The third kappa shape index (κ3) is 24.9. The first-order valence-electron chi connectivity index (χ1n) is 31.5. The molecule has 4 rings (SSSR count). The predicted molar refractivity (Wildman–Crippen MR) is 340 cm³/mol. The van der Waals surface area contributed by atoms with Gasteiger partial charge in [-0.2, -0.15) is 0 Å². The van der Waals surface area contributed by atoms with E-state index in [2.05, 4.69) is 28.7 Å². The van der Waals surface area contributed by atoms with Crippen LogP contribution in [0.15, 0.2) is 47.6 Å². The van der Waals surface area contributed by atoms with E-state index in [1.54, 1.807) is 46.7 Å². The zero-order valence-corrected chi connectivity index (χ0v) is 57.6. The van der Waals surface area contributed by atoms with Gasteiger partial charge in [-0.25, -0.2) is 0 Å². The summed E-state index contributed by atoms with van der Waals surface area (Å²) in [6.07, 6.45) is 10.2. The summed E-state index contributed by atoms with van der Waals surface area (Å²) >= 11 is 2.32. The van der Waals surface area contributed by atoms with Crippen LogP contribution in [-0.2, 0) is 66.5 Å². The van der Waals surface area contributed by atoms with Gasteiger partial charge in [-0.15, -0.1) is 0 Å². The number of allylic oxidation sites excluding steroid dienone is 6. The zero-order chi connectivity index (χ0) is 64.5. The van der Waals surface area contributed by atoms with E-state index in [0.717, 1.165) is 15.6 Å². The van der Waals surface area contributed by atoms with Gasteiger partial charge in [0.1, 0.15) is 24.4 Å². The van der Waals surface area contributed by atoms with Crippen LogP contribution >= 0.6 is 22.6 Å². The molecule has 0 aromatic heterocycles. The Morgan fingerprint density at radius 3 is 1.27 bits per heavy atom. The molecule has 20 atom stereocenters. The summed E-state index contributed by atoms with van der Waals surface area (Å²) in [6, 6.07) is -0.283. The van der Waals surface area contributed by atoms with E-state index in [4.69, 9.17) is 47.4 Å². The molecule has 0 amide bonds. The van der Waals surface area contributed by atoms with Crippen molar-refractivity contribution in [1.82, 2.24) is 9.80 Å². The highest BCUT2D eigenvalue weighted by Gasteiger charge is 2.45. The summed E-state index contributed by atoms with van der Waals surface area (Å²) in [7, 11) is 14.1. The molecule has 4 aliphatic rings. The van der Waals surface area contributed by atoms with Gasteiger partial charge in [0.25, 0.3) is 0 Å². The maximum absolute atomic E-state index is 13.4. The predicted octanol–water partition coefficient (Wildman–Crippen LogP) is 9.20. The van der Waals surface area contributed by atoms with Gasteiger partial charge in [0, 0.05) is 94.3 Å². The number of carbonyl (C=O) groups excluding carboxylic acids is 4. The number of cyclic esters (lactones) is 2. The maximum atomic E-state index is 13.4. The first kappa shape index (κ1) is 77.7. The number of likely N-dealkylation sites (N-methyl/N-ethyl adjacent to an activating group) is 2. The molecule has 0 aromatic rings. The summed E-state index contributed by atoms with van der Waals surface area (Å²) in [5.74, 6) is -2.25. The van der Waals surface area contributed by atoms with E-state index < -0.39 is 55.7 Å². The highest BCUT2D eigenvalue weighted by Crippen LogP contribution is 2.38. The Balaban J connectivity index is 0.000000450. The summed E-state index contributed by atoms with van der Waals surface area (Å²) in [5, 5.41) is 32.6. The third-order valence-electron chi connectivity index (χ3n) is 17.8. The monoisotopic (exact) mass is 1330 g/mol. The van der Waals surface area contributed by atoms with Gasteiger partial charge >= 0.3 is 11.9 Å². The Kier molecular flexibility index (Phi) is 35.8. The van der Waals surface area contributed by atoms with Crippen LogP contribution in [0.5, 0.6) is 0 Å². The Labute approximate surface area is 530 Å². The highest BCUT2D eigenvalue weighted by atomic mass is 127. The number of aliphatic hydroxyl groups excluding tert-OH is 3. The fourth-order valence-corrected chi connectivity index (χ4v) is 13.3. The molecule has 2 saturated heterocycles. The molecule has 4 aliphatic heterocycles. The molecule has 2 fully saturated rings. The number of esters is 2. The molecule has 19 nitrogen and oxygen atoms in total. The minimum absolute atomic E-state index is 0.0300. The second-order valence-corrected chi connectivity index (χ2v) is 26.2. The van der Waals surface area contributed by atoms with Crippen molar-refractivity contribution in [1.29, 1.82) is 0 Å². The molecule has 0 aliphatic carbocycles.